The molecule has 0 saturated carbocycles. The van der Waals surface area contributed by atoms with Crippen LogP contribution in [0.15, 0.2) is 163 Å². The molecule has 0 unspecified atom stereocenters. The molecule has 0 amide bonds. The average molecular weight is 589 g/mol. The Morgan fingerprint density at radius 2 is 1.30 bits per heavy atom. The van der Waals surface area contributed by atoms with Gasteiger partial charge in [-0.05, 0) is 69.6 Å². The molecule has 0 aliphatic carbocycles. The Labute approximate surface area is 267 Å². The van der Waals surface area contributed by atoms with Gasteiger partial charge in [0.25, 0.3) is 0 Å². The van der Waals surface area contributed by atoms with E-state index in [-0.39, 0.29) is 0 Å². The van der Waals surface area contributed by atoms with E-state index in [0.717, 1.165) is 29.2 Å². The fraction of sp³-hybridized carbons (Fsp3) is 0.0233. The molecule has 3 heterocycles. The van der Waals surface area contributed by atoms with Gasteiger partial charge in [0, 0.05) is 34.5 Å². The van der Waals surface area contributed by atoms with Crippen LogP contribution >= 0.6 is 0 Å². The summed E-state index contributed by atoms with van der Waals surface area (Å²) < 4.78 is 7.15. The van der Waals surface area contributed by atoms with E-state index >= 15 is 0 Å². The number of dihydropyridines is 1. The van der Waals surface area contributed by atoms with E-state index in [2.05, 4.69) is 168 Å². The predicted octanol–water partition coefficient (Wildman–Crippen LogP) is 9.29. The number of fused-ring (bicyclic) bond motifs is 5. The van der Waals surface area contributed by atoms with Crippen LogP contribution in [0.2, 0.25) is 0 Å². The maximum Gasteiger partial charge on any atom is 0.350 e. The molecule has 0 saturated heterocycles. The van der Waals surface area contributed by atoms with Crippen molar-refractivity contribution in [1.82, 2.24) is 14.6 Å². The summed E-state index contributed by atoms with van der Waals surface area (Å²) in [5, 5.41) is 8.36. The number of benzene rings is 6. The second-order valence-electron chi connectivity index (χ2n) is 11.9. The summed E-state index contributed by atoms with van der Waals surface area (Å²) >= 11 is 0. The molecule has 2 aliphatic rings. The second kappa shape index (κ2) is 10.8. The summed E-state index contributed by atoms with van der Waals surface area (Å²) in [7, 11) is 0. The molecule has 0 spiro atoms. The van der Waals surface area contributed by atoms with Gasteiger partial charge in [-0.1, -0.05) is 120 Å². The van der Waals surface area contributed by atoms with Gasteiger partial charge in [-0.3, -0.25) is 0 Å². The lowest BCUT2D eigenvalue weighted by Crippen LogP contribution is -2.21. The summed E-state index contributed by atoms with van der Waals surface area (Å²) in [6.45, 7) is 0.830. The quantitative estimate of drug-likeness (QED) is 0.200. The topological polar surface area (TPSA) is 31.1 Å². The molecule has 0 fully saturated rings. The van der Waals surface area contributed by atoms with Crippen molar-refractivity contribution in [3.8, 4) is 27.9 Å². The average Bonchev–Trinajstić information content (AvgIpc) is 3.76. The van der Waals surface area contributed by atoms with E-state index in [1.165, 1.54) is 60.4 Å². The third-order valence-electron chi connectivity index (χ3n) is 9.11. The Hall–Kier alpha value is -6.15. The minimum absolute atomic E-state index is 0.830. The lowest BCUT2D eigenvalue weighted by molar-refractivity contribution is 0.936. The van der Waals surface area contributed by atoms with E-state index in [0.29, 0.717) is 0 Å². The van der Waals surface area contributed by atoms with Gasteiger partial charge in [-0.15, -0.1) is 0 Å². The number of aromatic nitrogens is 1. The predicted molar refractivity (Wildman–Crippen MR) is 196 cm³/mol. The fourth-order valence-corrected chi connectivity index (χ4v) is 6.85. The lowest BCUT2D eigenvalue weighted by Gasteiger charge is -2.11. The molecule has 3 heteroatoms. The van der Waals surface area contributed by atoms with Gasteiger partial charge in [0.2, 0.25) is 0 Å². The van der Waals surface area contributed by atoms with Gasteiger partial charge in [0.1, 0.15) is 5.70 Å². The molecule has 2 aliphatic heterocycles. The number of nitrogens with zero attached hydrogens (tertiary/aromatic N) is 2. The maximum absolute atomic E-state index is 4.72. The molecule has 216 valence electrons. The largest absolute Gasteiger partial charge is 0.375 e. The molecular formula is C43H30N3+. The standard InChI is InChI=1S/C43H30N3/c1-3-10-29(11-4-1)30-12-9-13-31(24-30)33-18-21-38-39-22-19-34-25-32(35-26-41(45-28-35)40-16-7-8-23-44-40)17-20-37(34)43(39)46(42(38)27-33)36-14-5-2-6-15-36/h1-22,24-28,44H,23H2/q+1. The first kappa shape index (κ1) is 26.3. The minimum Gasteiger partial charge on any atom is -0.375 e. The molecule has 0 atom stereocenters. The van der Waals surface area contributed by atoms with Crippen molar-refractivity contribution < 1.29 is 0 Å². The molecule has 7 aromatic rings. The number of hydrogen-bond donors (Lipinski definition) is 1. The number of nitrogens with one attached hydrogen (secondary N) is 1. The Bertz CT molecular complexity index is 2490. The summed E-state index contributed by atoms with van der Waals surface area (Å²) in [4.78, 5) is 0. The molecular weight excluding hydrogens is 558 g/mol. The van der Waals surface area contributed by atoms with Crippen LogP contribution in [-0.2, 0) is 0 Å². The van der Waals surface area contributed by atoms with E-state index in [4.69, 9.17) is 4.67 Å². The van der Waals surface area contributed by atoms with Crippen molar-refractivity contribution in [2.24, 2.45) is 0 Å². The zero-order valence-corrected chi connectivity index (χ0v) is 25.2. The number of para-hydroxylation sites is 1. The summed E-state index contributed by atoms with van der Waals surface area (Å²) in [5.41, 5.74) is 12.8. The molecule has 6 aromatic carbocycles. The Morgan fingerprint density at radius 3 is 2.13 bits per heavy atom. The Kier molecular flexibility index (Phi) is 6.16. The lowest BCUT2D eigenvalue weighted by atomic mass is 9.97. The van der Waals surface area contributed by atoms with Crippen molar-refractivity contribution in [3.63, 3.8) is 0 Å². The number of rotatable bonds is 5. The van der Waals surface area contributed by atoms with Gasteiger partial charge < -0.3 is 9.88 Å². The van der Waals surface area contributed by atoms with Crippen LogP contribution in [0.25, 0.3) is 66.1 Å². The van der Waals surface area contributed by atoms with Crippen LogP contribution in [-0.4, -0.2) is 23.0 Å². The molecule has 0 radical (unpaired) electrons. The highest BCUT2D eigenvalue weighted by atomic mass is 15.0. The van der Waals surface area contributed by atoms with Crippen LogP contribution in [0.1, 0.15) is 5.56 Å². The van der Waals surface area contributed by atoms with Crippen molar-refractivity contribution >= 4 is 50.1 Å². The van der Waals surface area contributed by atoms with Crippen molar-refractivity contribution in [2.45, 2.75) is 0 Å². The van der Waals surface area contributed by atoms with Gasteiger partial charge in [-0.2, -0.15) is 0 Å². The summed E-state index contributed by atoms with van der Waals surface area (Å²) in [5.74, 6) is 0. The molecule has 1 N–H and O–H groups in total. The highest BCUT2D eigenvalue weighted by Crippen LogP contribution is 2.39. The zero-order chi connectivity index (χ0) is 30.5. The van der Waals surface area contributed by atoms with Gasteiger partial charge in [0.05, 0.1) is 16.6 Å². The molecule has 1 aromatic heterocycles. The van der Waals surface area contributed by atoms with E-state index in [1.54, 1.807) is 0 Å². The third kappa shape index (κ3) is 4.42. The smallest absolute Gasteiger partial charge is 0.350 e. The van der Waals surface area contributed by atoms with Crippen LogP contribution in [0, 0.1) is 0 Å². The second-order valence-corrected chi connectivity index (χ2v) is 11.9. The van der Waals surface area contributed by atoms with Crippen molar-refractivity contribution in [2.75, 3.05) is 6.54 Å². The first-order valence-electron chi connectivity index (χ1n) is 15.8. The van der Waals surface area contributed by atoms with Crippen LogP contribution in [0.4, 0.5) is 0 Å². The number of allylic oxidation sites excluding steroid dienone is 4. The van der Waals surface area contributed by atoms with E-state index < -0.39 is 0 Å². The monoisotopic (exact) mass is 588 g/mol. The van der Waals surface area contributed by atoms with Crippen molar-refractivity contribution in [3.05, 3.63) is 169 Å². The number of hydrogen-bond acceptors (Lipinski definition) is 1. The van der Waals surface area contributed by atoms with Crippen LogP contribution in [0.3, 0.4) is 0 Å². The highest BCUT2D eigenvalue weighted by Gasteiger charge is 2.23. The van der Waals surface area contributed by atoms with Crippen LogP contribution in [0.5, 0.6) is 0 Å². The minimum atomic E-state index is 0.830. The van der Waals surface area contributed by atoms with Crippen molar-refractivity contribution in [1.29, 1.82) is 0 Å². The Morgan fingerprint density at radius 1 is 0.587 bits per heavy atom. The van der Waals surface area contributed by atoms with E-state index in [1.807, 2.05) is 6.21 Å². The summed E-state index contributed by atoms with van der Waals surface area (Å²) in [6.07, 6.45) is 10.4. The normalized spacial score (nSPS) is 14.0. The molecule has 46 heavy (non-hydrogen) atoms. The zero-order valence-electron chi connectivity index (χ0n) is 25.2. The van der Waals surface area contributed by atoms with Gasteiger partial charge in [-0.25, -0.2) is 0 Å². The molecule has 3 nitrogen and oxygen atoms in total. The maximum atomic E-state index is 4.72. The van der Waals surface area contributed by atoms with Gasteiger partial charge >= 0.3 is 11.9 Å². The highest BCUT2D eigenvalue weighted by molar-refractivity contribution is 6.27. The van der Waals surface area contributed by atoms with E-state index in [9.17, 15) is 0 Å². The third-order valence-corrected chi connectivity index (χ3v) is 9.11. The van der Waals surface area contributed by atoms with Gasteiger partial charge in [0.15, 0.2) is 0 Å². The fourth-order valence-electron chi connectivity index (χ4n) is 6.85. The first-order valence-corrected chi connectivity index (χ1v) is 15.8. The summed E-state index contributed by atoms with van der Waals surface area (Å²) in [6, 6.07) is 48.5. The molecule has 0 bridgehead atoms. The van der Waals surface area contributed by atoms with Crippen LogP contribution < -0.4 is 9.98 Å². The first-order chi connectivity index (χ1) is 22.8. The molecule has 9 rings (SSSR count). The SMILES string of the molecule is C1=CCNC(C2=[N+]=CC(c3ccc4c(ccc5c6ccc(-c7cccc(-c8ccccc8)c7)cc6n(-c6ccccc6)c45)c3)=C2)=C1. The Balaban J connectivity index is 1.20.